The zero-order valence-electron chi connectivity index (χ0n) is 10.9. The van der Waals surface area contributed by atoms with E-state index in [1.165, 1.54) is 0 Å². The second-order valence-electron chi connectivity index (χ2n) is 4.42. The quantitative estimate of drug-likeness (QED) is 0.799. The molecule has 17 heavy (non-hydrogen) atoms. The summed E-state index contributed by atoms with van der Waals surface area (Å²) in [6.45, 7) is 7.72. The Balaban J connectivity index is 2.75. The van der Waals surface area contributed by atoms with Crippen LogP contribution in [0.4, 0.5) is 0 Å². The van der Waals surface area contributed by atoms with Crippen molar-refractivity contribution >= 4 is 0 Å². The Bertz CT molecular complexity index is 341. The average molecular weight is 237 g/mol. The number of phenols is 1. The van der Waals surface area contributed by atoms with Crippen LogP contribution in [0.5, 0.6) is 5.75 Å². The van der Waals surface area contributed by atoms with Crippen LogP contribution in [0.2, 0.25) is 0 Å². The van der Waals surface area contributed by atoms with Crippen LogP contribution in [0.1, 0.15) is 38.8 Å². The summed E-state index contributed by atoms with van der Waals surface area (Å²) >= 11 is 0. The van der Waals surface area contributed by atoms with Gasteiger partial charge in [-0.3, -0.25) is 4.90 Å². The van der Waals surface area contributed by atoms with Crippen molar-refractivity contribution < 1.29 is 10.2 Å². The summed E-state index contributed by atoms with van der Waals surface area (Å²) in [5.41, 5.74) is 1.08. The molecule has 3 nitrogen and oxygen atoms in total. The Morgan fingerprint density at radius 1 is 1.29 bits per heavy atom. The van der Waals surface area contributed by atoms with Crippen LogP contribution >= 0.6 is 0 Å². The number of hydrogen-bond acceptors (Lipinski definition) is 3. The first-order valence-corrected chi connectivity index (χ1v) is 6.29. The molecule has 0 saturated heterocycles. The third kappa shape index (κ3) is 4.02. The standard InChI is InChI=1S/C14H23NO2/c1-4-13(16)10-15(5-2)11(3)12-7-6-8-14(17)9-12/h6-9,11,13,16-17H,4-5,10H2,1-3H3/t11-,13-/m0/s1. The highest BCUT2D eigenvalue weighted by atomic mass is 16.3. The molecular formula is C14H23NO2. The smallest absolute Gasteiger partial charge is 0.115 e. The molecule has 0 aromatic heterocycles. The maximum absolute atomic E-state index is 9.72. The molecule has 0 radical (unpaired) electrons. The van der Waals surface area contributed by atoms with Gasteiger partial charge in [-0.25, -0.2) is 0 Å². The lowest BCUT2D eigenvalue weighted by molar-refractivity contribution is 0.0918. The zero-order chi connectivity index (χ0) is 12.8. The van der Waals surface area contributed by atoms with E-state index >= 15 is 0 Å². The lowest BCUT2D eigenvalue weighted by Gasteiger charge is -2.30. The van der Waals surface area contributed by atoms with Crippen molar-refractivity contribution in [1.82, 2.24) is 4.90 Å². The van der Waals surface area contributed by atoms with Crippen molar-refractivity contribution in [1.29, 1.82) is 0 Å². The lowest BCUT2D eigenvalue weighted by atomic mass is 10.1. The van der Waals surface area contributed by atoms with Crippen LogP contribution in [0.15, 0.2) is 24.3 Å². The summed E-state index contributed by atoms with van der Waals surface area (Å²) in [6.07, 6.45) is 0.484. The highest BCUT2D eigenvalue weighted by Gasteiger charge is 2.16. The van der Waals surface area contributed by atoms with Crippen LogP contribution in [0.25, 0.3) is 0 Å². The molecule has 0 spiro atoms. The fourth-order valence-electron chi connectivity index (χ4n) is 1.96. The summed E-state index contributed by atoms with van der Waals surface area (Å²) in [6, 6.07) is 7.52. The number of rotatable bonds is 6. The summed E-state index contributed by atoms with van der Waals surface area (Å²) in [4.78, 5) is 2.21. The third-order valence-electron chi connectivity index (χ3n) is 3.22. The minimum atomic E-state index is -0.283. The monoisotopic (exact) mass is 237 g/mol. The molecule has 0 aliphatic rings. The Kier molecular flexibility index (Phi) is 5.45. The van der Waals surface area contributed by atoms with E-state index in [4.69, 9.17) is 0 Å². The predicted octanol–water partition coefficient (Wildman–Crippen LogP) is 2.55. The Hall–Kier alpha value is -1.06. The number of hydrogen-bond donors (Lipinski definition) is 2. The van der Waals surface area contributed by atoms with Gasteiger partial charge in [-0.1, -0.05) is 26.0 Å². The van der Waals surface area contributed by atoms with E-state index < -0.39 is 0 Å². The zero-order valence-corrected chi connectivity index (χ0v) is 10.9. The largest absolute Gasteiger partial charge is 0.508 e. The molecule has 1 rings (SSSR count). The third-order valence-corrected chi connectivity index (χ3v) is 3.22. The topological polar surface area (TPSA) is 43.7 Å². The van der Waals surface area contributed by atoms with Crippen LogP contribution in [-0.2, 0) is 0 Å². The van der Waals surface area contributed by atoms with E-state index in [0.29, 0.717) is 12.3 Å². The van der Waals surface area contributed by atoms with Crippen molar-refractivity contribution in [2.75, 3.05) is 13.1 Å². The molecule has 2 atom stereocenters. The number of likely N-dealkylation sites (N-methyl/N-ethyl adjacent to an activating group) is 1. The van der Waals surface area contributed by atoms with E-state index in [9.17, 15) is 10.2 Å². The van der Waals surface area contributed by atoms with Crippen LogP contribution in [-0.4, -0.2) is 34.3 Å². The molecule has 0 aliphatic carbocycles. The molecule has 0 aliphatic heterocycles. The lowest BCUT2D eigenvalue weighted by Crippen LogP contribution is -2.34. The molecular weight excluding hydrogens is 214 g/mol. The van der Waals surface area contributed by atoms with E-state index in [1.807, 2.05) is 19.1 Å². The van der Waals surface area contributed by atoms with Gasteiger partial charge in [0, 0.05) is 12.6 Å². The summed E-state index contributed by atoms with van der Waals surface area (Å²) < 4.78 is 0. The Morgan fingerprint density at radius 3 is 2.53 bits per heavy atom. The van der Waals surface area contributed by atoms with Crippen molar-refractivity contribution in [3.63, 3.8) is 0 Å². The van der Waals surface area contributed by atoms with Crippen LogP contribution in [0, 0.1) is 0 Å². The minimum Gasteiger partial charge on any atom is -0.508 e. The number of phenolic OH excluding ortho intramolecular Hbond substituents is 1. The molecule has 0 saturated carbocycles. The maximum atomic E-state index is 9.72. The van der Waals surface area contributed by atoms with Gasteiger partial charge in [0.05, 0.1) is 6.10 Å². The molecule has 0 amide bonds. The molecule has 0 unspecified atom stereocenters. The summed E-state index contributed by atoms with van der Waals surface area (Å²) in [5.74, 6) is 0.293. The first-order chi connectivity index (χ1) is 8.08. The molecule has 0 bridgehead atoms. The molecule has 2 N–H and O–H groups in total. The number of aliphatic hydroxyl groups excluding tert-OH is 1. The van der Waals surface area contributed by atoms with Crippen LogP contribution < -0.4 is 0 Å². The number of aliphatic hydroxyl groups is 1. The van der Waals surface area contributed by atoms with E-state index in [1.54, 1.807) is 12.1 Å². The van der Waals surface area contributed by atoms with Gasteiger partial charge in [0.1, 0.15) is 5.75 Å². The summed E-state index contributed by atoms with van der Waals surface area (Å²) in [5, 5.41) is 19.2. The molecule has 1 aromatic carbocycles. The second-order valence-corrected chi connectivity index (χ2v) is 4.42. The van der Waals surface area contributed by atoms with Crippen molar-refractivity contribution in [2.45, 2.75) is 39.3 Å². The maximum Gasteiger partial charge on any atom is 0.115 e. The Labute approximate surface area is 104 Å². The molecule has 1 aromatic rings. The van der Waals surface area contributed by atoms with Gasteiger partial charge in [0.2, 0.25) is 0 Å². The SMILES string of the molecule is CC[C@H](O)CN(CC)[C@@H](C)c1cccc(O)c1. The van der Waals surface area contributed by atoms with Gasteiger partial charge in [0.15, 0.2) is 0 Å². The van der Waals surface area contributed by atoms with Crippen LogP contribution in [0.3, 0.4) is 0 Å². The second kappa shape index (κ2) is 6.62. The molecule has 0 fully saturated rings. The fraction of sp³-hybridized carbons (Fsp3) is 0.571. The Morgan fingerprint density at radius 2 is 2.00 bits per heavy atom. The first-order valence-electron chi connectivity index (χ1n) is 6.29. The van der Waals surface area contributed by atoms with Gasteiger partial charge < -0.3 is 10.2 Å². The fourth-order valence-corrected chi connectivity index (χ4v) is 1.96. The highest BCUT2D eigenvalue weighted by Crippen LogP contribution is 2.23. The van der Waals surface area contributed by atoms with Gasteiger partial charge in [-0.15, -0.1) is 0 Å². The van der Waals surface area contributed by atoms with Gasteiger partial charge in [0.25, 0.3) is 0 Å². The number of aromatic hydroxyl groups is 1. The molecule has 3 heteroatoms. The molecule has 0 heterocycles. The van der Waals surface area contributed by atoms with Crippen molar-refractivity contribution in [3.05, 3.63) is 29.8 Å². The number of nitrogens with zero attached hydrogens (tertiary/aromatic N) is 1. The average Bonchev–Trinajstić information content (AvgIpc) is 2.34. The first kappa shape index (κ1) is 14.0. The predicted molar refractivity (Wildman–Crippen MR) is 70.1 cm³/mol. The summed E-state index contributed by atoms with van der Waals surface area (Å²) in [7, 11) is 0. The van der Waals surface area contributed by atoms with Gasteiger partial charge >= 0.3 is 0 Å². The minimum absolute atomic E-state index is 0.202. The van der Waals surface area contributed by atoms with E-state index in [-0.39, 0.29) is 12.1 Å². The van der Waals surface area contributed by atoms with Gasteiger partial charge in [-0.2, -0.15) is 0 Å². The van der Waals surface area contributed by atoms with Gasteiger partial charge in [-0.05, 0) is 37.6 Å². The van der Waals surface area contributed by atoms with Crippen molar-refractivity contribution in [2.24, 2.45) is 0 Å². The normalized spacial score (nSPS) is 14.9. The number of benzene rings is 1. The van der Waals surface area contributed by atoms with Crippen molar-refractivity contribution in [3.8, 4) is 5.75 Å². The van der Waals surface area contributed by atoms with E-state index in [2.05, 4.69) is 18.7 Å². The highest BCUT2D eigenvalue weighted by molar-refractivity contribution is 5.29. The molecule has 96 valence electrons. The van der Waals surface area contributed by atoms with E-state index in [0.717, 1.165) is 18.5 Å².